The van der Waals surface area contributed by atoms with Crippen molar-refractivity contribution in [2.24, 2.45) is 0 Å². The fourth-order valence-corrected chi connectivity index (χ4v) is 4.23. The Balaban J connectivity index is 2.02. The first kappa shape index (κ1) is 10.8. The van der Waals surface area contributed by atoms with Crippen LogP contribution in [0.2, 0.25) is 5.15 Å². The van der Waals surface area contributed by atoms with E-state index in [1.165, 1.54) is 25.0 Å². The van der Waals surface area contributed by atoms with Gasteiger partial charge >= 0.3 is 0 Å². The van der Waals surface area contributed by atoms with Crippen LogP contribution in [0.4, 0.5) is 0 Å². The number of thioether (sulfide) groups is 1. The van der Waals surface area contributed by atoms with Crippen molar-refractivity contribution in [1.29, 1.82) is 0 Å². The Labute approximate surface area is 107 Å². The first-order valence-electron chi connectivity index (χ1n) is 5.37. The third-order valence-electron chi connectivity index (χ3n) is 2.76. The molecule has 84 valence electrons. The molecular formula is C11H11ClN2S2. The molecule has 3 rings (SSSR count). The molecule has 0 bridgehead atoms. The summed E-state index contributed by atoms with van der Waals surface area (Å²) in [4.78, 5) is 10.1. The fraction of sp³-hybridized carbons (Fsp3) is 0.455. The van der Waals surface area contributed by atoms with Gasteiger partial charge in [-0.05, 0) is 30.0 Å². The van der Waals surface area contributed by atoms with Gasteiger partial charge in [-0.15, -0.1) is 11.3 Å². The molecule has 0 aromatic carbocycles. The number of rotatable bonds is 1. The maximum absolute atomic E-state index is 6.17. The van der Waals surface area contributed by atoms with Crippen LogP contribution in [0.1, 0.15) is 30.3 Å². The molecule has 5 heteroatoms. The summed E-state index contributed by atoms with van der Waals surface area (Å²) < 4.78 is 0. The molecule has 16 heavy (non-hydrogen) atoms. The lowest BCUT2D eigenvalue weighted by molar-refractivity contribution is 0.664. The van der Waals surface area contributed by atoms with Crippen molar-refractivity contribution in [3.8, 4) is 0 Å². The van der Waals surface area contributed by atoms with Crippen LogP contribution in [0.3, 0.4) is 0 Å². The average Bonchev–Trinajstić information content (AvgIpc) is 2.79. The van der Waals surface area contributed by atoms with Gasteiger partial charge in [-0.2, -0.15) is 11.8 Å². The van der Waals surface area contributed by atoms with Gasteiger partial charge in [-0.3, -0.25) is 0 Å². The summed E-state index contributed by atoms with van der Waals surface area (Å²) in [5, 5.41) is 4.05. The maximum atomic E-state index is 6.17. The number of hydrogen-bond acceptors (Lipinski definition) is 4. The number of fused-ring (bicyclic) bond motifs is 1. The Kier molecular flexibility index (Phi) is 3.05. The summed E-state index contributed by atoms with van der Waals surface area (Å²) in [6.07, 6.45) is 3.77. The van der Waals surface area contributed by atoms with Gasteiger partial charge in [0.05, 0.1) is 5.25 Å². The molecule has 1 saturated heterocycles. The van der Waals surface area contributed by atoms with E-state index < -0.39 is 0 Å². The summed E-state index contributed by atoms with van der Waals surface area (Å²) in [7, 11) is 0. The lowest BCUT2D eigenvalue weighted by atomic mass is 10.2. The monoisotopic (exact) mass is 270 g/mol. The van der Waals surface area contributed by atoms with Gasteiger partial charge in [0, 0.05) is 5.39 Å². The molecule has 0 amide bonds. The van der Waals surface area contributed by atoms with Crippen LogP contribution in [0, 0.1) is 0 Å². The molecule has 1 fully saturated rings. The molecular weight excluding hydrogens is 260 g/mol. The van der Waals surface area contributed by atoms with Crippen molar-refractivity contribution in [3.05, 3.63) is 22.4 Å². The lowest BCUT2D eigenvalue weighted by Crippen LogP contribution is -2.06. The quantitative estimate of drug-likeness (QED) is 0.723. The summed E-state index contributed by atoms with van der Waals surface area (Å²) in [5.74, 6) is 2.14. The van der Waals surface area contributed by atoms with Crippen molar-refractivity contribution in [3.63, 3.8) is 0 Å². The lowest BCUT2D eigenvalue weighted by Gasteiger charge is -2.19. The first-order chi connectivity index (χ1) is 7.84. The van der Waals surface area contributed by atoms with E-state index in [0.717, 1.165) is 16.0 Å². The molecule has 0 spiro atoms. The van der Waals surface area contributed by atoms with Crippen LogP contribution in [0.25, 0.3) is 10.2 Å². The standard InChI is InChI=1S/C11H11ClN2S2/c12-9-7-4-6-16-11(7)14-10(13-9)8-3-1-2-5-15-8/h4,6,8H,1-3,5H2. The number of aromatic nitrogens is 2. The zero-order valence-corrected chi connectivity index (χ0v) is 11.0. The van der Waals surface area contributed by atoms with Crippen molar-refractivity contribution < 1.29 is 0 Å². The van der Waals surface area contributed by atoms with Gasteiger partial charge in [-0.1, -0.05) is 18.0 Å². The van der Waals surface area contributed by atoms with Crippen molar-refractivity contribution in [1.82, 2.24) is 9.97 Å². The molecule has 0 N–H and O–H groups in total. The molecule has 1 atom stereocenters. The Morgan fingerprint density at radius 1 is 1.31 bits per heavy atom. The summed E-state index contributed by atoms with van der Waals surface area (Å²) >= 11 is 9.76. The largest absolute Gasteiger partial charge is 0.221 e. The minimum absolute atomic E-state index is 0.442. The van der Waals surface area contributed by atoms with E-state index in [2.05, 4.69) is 9.97 Å². The molecule has 2 aromatic rings. The second kappa shape index (κ2) is 4.51. The number of hydrogen-bond donors (Lipinski definition) is 0. The molecule has 0 radical (unpaired) electrons. The van der Waals surface area contributed by atoms with Crippen molar-refractivity contribution in [2.75, 3.05) is 5.75 Å². The highest BCUT2D eigenvalue weighted by molar-refractivity contribution is 7.99. The van der Waals surface area contributed by atoms with Crippen LogP contribution in [0.15, 0.2) is 11.4 Å². The molecule has 0 aliphatic carbocycles. The highest BCUT2D eigenvalue weighted by atomic mass is 35.5. The van der Waals surface area contributed by atoms with Gasteiger partial charge < -0.3 is 0 Å². The Morgan fingerprint density at radius 2 is 2.25 bits per heavy atom. The molecule has 1 aliphatic rings. The topological polar surface area (TPSA) is 25.8 Å². The number of nitrogens with zero attached hydrogens (tertiary/aromatic N) is 2. The molecule has 3 heterocycles. The highest BCUT2D eigenvalue weighted by Gasteiger charge is 2.20. The Hall–Kier alpha value is -0.320. The molecule has 2 nitrogen and oxygen atoms in total. The fourth-order valence-electron chi connectivity index (χ4n) is 1.92. The van der Waals surface area contributed by atoms with Gasteiger partial charge in [0.25, 0.3) is 0 Å². The van der Waals surface area contributed by atoms with Gasteiger partial charge in [0.15, 0.2) is 0 Å². The van der Waals surface area contributed by atoms with Gasteiger partial charge in [0.2, 0.25) is 0 Å². The average molecular weight is 271 g/mol. The molecule has 1 aliphatic heterocycles. The van der Waals surface area contributed by atoms with Crippen LogP contribution < -0.4 is 0 Å². The van der Waals surface area contributed by atoms with Crippen molar-refractivity contribution >= 4 is 44.9 Å². The van der Waals surface area contributed by atoms with Gasteiger partial charge in [-0.25, -0.2) is 9.97 Å². The summed E-state index contributed by atoms with van der Waals surface area (Å²) in [5.41, 5.74) is 0. The number of thiophene rings is 1. The first-order valence-corrected chi connectivity index (χ1v) is 7.67. The molecule has 0 saturated carbocycles. The maximum Gasteiger partial charge on any atom is 0.144 e. The Morgan fingerprint density at radius 3 is 3.06 bits per heavy atom. The molecule has 1 unspecified atom stereocenters. The zero-order chi connectivity index (χ0) is 11.0. The molecule has 2 aromatic heterocycles. The third-order valence-corrected chi connectivity index (χ3v) is 5.23. The second-order valence-electron chi connectivity index (χ2n) is 3.87. The predicted molar refractivity (Wildman–Crippen MR) is 71.5 cm³/mol. The SMILES string of the molecule is Clc1nc(C2CCCCS2)nc2sccc12. The summed E-state index contributed by atoms with van der Waals surface area (Å²) in [6, 6.07) is 1.99. The minimum atomic E-state index is 0.442. The second-order valence-corrected chi connectivity index (χ2v) is 6.43. The van der Waals surface area contributed by atoms with E-state index in [9.17, 15) is 0 Å². The van der Waals surface area contributed by atoms with E-state index in [-0.39, 0.29) is 0 Å². The van der Waals surface area contributed by atoms with Crippen molar-refractivity contribution in [2.45, 2.75) is 24.5 Å². The van der Waals surface area contributed by atoms with Crippen LogP contribution >= 0.6 is 34.7 Å². The minimum Gasteiger partial charge on any atom is -0.221 e. The third kappa shape index (κ3) is 1.94. The normalized spacial score (nSPS) is 21.4. The van der Waals surface area contributed by atoms with Crippen LogP contribution in [-0.2, 0) is 0 Å². The van der Waals surface area contributed by atoms with E-state index in [1.54, 1.807) is 11.3 Å². The smallest absolute Gasteiger partial charge is 0.144 e. The van der Waals surface area contributed by atoms with Crippen LogP contribution in [0.5, 0.6) is 0 Å². The predicted octanol–water partition coefficient (Wildman–Crippen LogP) is 4.30. The Bertz CT molecular complexity index is 506. The van der Waals surface area contributed by atoms with E-state index in [0.29, 0.717) is 10.4 Å². The van der Waals surface area contributed by atoms with E-state index in [1.807, 2.05) is 23.2 Å². The van der Waals surface area contributed by atoms with E-state index >= 15 is 0 Å². The van der Waals surface area contributed by atoms with Gasteiger partial charge in [0.1, 0.15) is 15.8 Å². The zero-order valence-electron chi connectivity index (χ0n) is 8.65. The van der Waals surface area contributed by atoms with Crippen LogP contribution in [-0.4, -0.2) is 15.7 Å². The highest BCUT2D eigenvalue weighted by Crippen LogP contribution is 2.38. The summed E-state index contributed by atoms with van der Waals surface area (Å²) in [6.45, 7) is 0. The number of halogens is 1. The van der Waals surface area contributed by atoms with E-state index in [4.69, 9.17) is 11.6 Å².